The van der Waals surface area contributed by atoms with Gasteiger partial charge in [-0.15, -0.1) is 0 Å². The average Bonchev–Trinajstić information content (AvgIpc) is 2.55. The molecule has 122 valence electrons. The summed E-state index contributed by atoms with van der Waals surface area (Å²) in [4.78, 5) is 26.8. The Morgan fingerprint density at radius 3 is 2.50 bits per heavy atom. The summed E-state index contributed by atoms with van der Waals surface area (Å²) in [6, 6.07) is 13.6. The van der Waals surface area contributed by atoms with Gasteiger partial charge in [-0.3, -0.25) is 9.59 Å². The number of halogens is 2. The van der Waals surface area contributed by atoms with Gasteiger partial charge in [0.05, 0.1) is 5.56 Å². The van der Waals surface area contributed by atoms with E-state index in [1.54, 1.807) is 24.3 Å². The maximum absolute atomic E-state index is 12.4. The zero-order valence-corrected chi connectivity index (χ0v) is 12.3. The van der Waals surface area contributed by atoms with E-state index in [1.807, 2.05) is 0 Å². The van der Waals surface area contributed by atoms with Gasteiger partial charge in [-0.25, -0.2) is 0 Å². The molecular weight excluding hydrogens is 318 g/mol. The molecule has 0 unspecified atom stereocenters. The first-order chi connectivity index (χ1) is 11.5. The van der Waals surface area contributed by atoms with E-state index in [0.717, 1.165) is 0 Å². The lowest BCUT2D eigenvalue weighted by Crippen LogP contribution is -2.16. The van der Waals surface area contributed by atoms with Crippen LogP contribution in [0.4, 0.5) is 14.5 Å². The van der Waals surface area contributed by atoms with Crippen molar-refractivity contribution in [2.24, 2.45) is 0 Å². The number of nitrogens with one attached hydrogen (secondary N) is 2. The average molecular weight is 330 g/mol. The predicted octanol–water partition coefficient (Wildman–Crippen LogP) is 3.38. The number of carbonyl (C=O) groups is 1. The van der Waals surface area contributed by atoms with Crippen LogP contribution < -0.4 is 15.6 Å². The Labute approximate surface area is 134 Å². The number of ether oxygens (including phenoxy) is 1. The highest BCUT2D eigenvalue weighted by molar-refractivity contribution is 6.12. The quantitative estimate of drug-likeness (QED) is 0.770. The second kappa shape index (κ2) is 6.49. The maximum atomic E-state index is 12.4. The molecule has 1 heterocycles. The number of carbonyl (C=O) groups excluding carboxylic acids is 1. The van der Waals surface area contributed by atoms with Gasteiger partial charge in [0, 0.05) is 22.7 Å². The first-order valence-electron chi connectivity index (χ1n) is 7.01. The molecule has 0 radical (unpaired) electrons. The van der Waals surface area contributed by atoms with E-state index in [-0.39, 0.29) is 16.9 Å². The molecule has 7 heteroatoms. The molecule has 2 N–H and O–H groups in total. The Hall–Kier alpha value is -3.22. The number of fused-ring (bicyclic) bond motifs is 1. The molecule has 5 nitrogen and oxygen atoms in total. The van der Waals surface area contributed by atoms with E-state index < -0.39 is 12.5 Å². The molecule has 0 aliphatic carbocycles. The van der Waals surface area contributed by atoms with Gasteiger partial charge in [0.15, 0.2) is 0 Å². The summed E-state index contributed by atoms with van der Waals surface area (Å²) in [5.74, 6) is -0.482. The van der Waals surface area contributed by atoms with Crippen LogP contribution in [-0.4, -0.2) is 17.5 Å². The standard InChI is InChI=1S/C17H12F2N2O3/c18-17(19)24-11-7-5-10(6-8-11)20-16(23)13-9-15(22)21-14-4-2-1-3-12(13)14/h1-9,17H,(H,20,23)(H,21,22). The molecule has 0 atom stereocenters. The first kappa shape index (κ1) is 15.7. The fourth-order valence-electron chi connectivity index (χ4n) is 2.31. The van der Waals surface area contributed by atoms with Gasteiger partial charge >= 0.3 is 6.61 Å². The van der Waals surface area contributed by atoms with Gasteiger partial charge in [0.2, 0.25) is 5.56 Å². The molecule has 1 aromatic heterocycles. The number of rotatable bonds is 4. The number of pyridine rings is 1. The van der Waals surface area contributed by atoms with Gasteiger partial charge in [0.25, 0.3) is 5.91 Å². The van der Waals surface area contributed by atoms with Crippen molar-refractivity contribution in [2.75, 3.05) is 5.32 Å². The van der Waals surface area contributed by atoms with E-state index in [9.17, 15) is 18.4 Å². The number of para-hydroxylation sites is 1. The van der Waals surface area contributed by atoms with Gasteiger partial charge in [0.1, 0.15) is 5.75 Å². The number of aromatic amines is 1. The summed E-state index contributed by atoms with van der Waals surface area (Å²) >= 11 is 0. The zero-order valence-electron chi connectivity index (χ0n) is 12.3. The van der Waals surface area contributed by atoms with Crippen molar-refractivity contribution in [3.8, 4) is 5.75 Å². The SMILES string of the molecule is O=C(Nc1ccc(OC(F)F)cc1)c1cc(=O)[nH]c2ccccc12. The second-order valence-electron chi connectivity index (χ2n) is 4.95. The minimum atomic E-state index is -2.91. The lowest BCUT2D eigenvalue weighted by Gasteiger charge is -2.09. The van der Waals surface area contributed by atoms with E-state index in [0.29, 0.717) is 16.6 Å². The molecular formula is C17H12F2N2O3. The van der Waals surface area contributed by atoms with Crippen LogP contribution >= 0.6 is 0 Å². The molecule has 0 spiro atoms. The number of alkyl halides is 2. The monoisotopic (exact) mass is 330 g/mol. The number of aromatic nitrogens is 1. The van der Waals surface area contributed by atoms with E-state index in [1.165, 1.54) is 30.3 Å². The first-order valence-corrected chi connectivity index (χ1v) is 7.01. The fraction of sp³-hybridized carbons (Fsp3) is 0.0588. The highest BCUT2D eigenvalue weighted by Crippen LogP contribution is 2.20. The molecule has 1 amide bonds. The van der Waals surface area contributed by atoms with Crippen LogP contribution in [0.1, 0.15) is 10.4 Å². The number of hydrogen-bond acceptors (Lipinski definition) is 3. The van der Waals surface area contributed by atoms with Crippen molar-refractivity contribution < 1.29 is 18.3 Å². The summed E-state index contributed by atoms with van der Waals surface area (Å²) in [5.41, 5.74) is 0.781. The maximum Gasteiger partial charge on any atom is 0.387 e. The van der Waals surface area contributed by atoms with Gasteiger partial charge < -0.3 is 15.0 Å². The largest absolute Gasteiger partial charge is 0.435 e. The van der Waals surface area contributed by atoms with Crippen LogP contribution in [0.25, 0.3) is 10.9 Å². The number of hydrogen-bond donors (Lipinski definition) is 2. The van der Waals surface area contributed by atoms with E-state index in [2.05, 4.69) is 15.0 Å². The molecule has 2 aromatic carbocycles. The van der Waals surface area contributed by atoms with Gasteiger partial charge in [-0.05, 0) is 30.3 Å². The van der Waals surface area contributed by atoms with Crippen molar-refractivity contribution in [3.63, 3.8) is 0 Å². The second-order valence-corrected chi connectivity index (χ2v) is 4.95. The lowest BCUT2D eigenvalue weighted by atomic mass is 10.1. The molecule has 24 heavy (non-hydrogen) atoms. The summed E-state index contributed by atoms with van der Waals surface area (Å²) in [6.45, 7) is -2.91. The van der Waals surface area contributed by atoms with Crippen LogP contribution in [0.15, 0.2) is 59.4 Å². The Morgan fingerprint density at radius 1 is 1.08 bits per heavy atom. The van der Waals surface area contributed by atoms with Crippen molar-refractivity contribution in [3.05, 3.63) is 70.5 Å². The molecule has 0 aliphatic heterocycles. The third kappa shape index (κ3) is 3.40. The van der Waals surface area contributed by atoms with E-state index in [4.69, 9.17) is 0 Å². The number of amides is 1. The Balaban J connectivity index is 1.86. The minimum Gasteiger partial charge on any atom is -0.435 e. The fourth-order valence-corrected chi connectivity index (χ4v) is 2.31. The highest BCUT2D eigenvalue weighted by atomic mass is 19.3. The minimum absolute atomic E-state index is 0.00963. The summed E-state index contributed by atoms with van der Waals surface area (Å²) in [7, 11) is 0. The van der Waals surface area contributed by atoms with Crippen molar-refractivity contribution >= 4 is 22.5 Å². The number of anilines is 1. The topological polar surface area (TPSA) is 71.2 Å². The summed E-state index contributed by atoms with van der Waals surface area (Å²) in [6.07, 6.45) is 0. The summed E-state index contributed by atoms with van der Waals surface area (Å²) in [5, 5.41) is 3.23. The Kier molecular flexibility index (Phi) is 4.24. The smallest absolute Gasteiger partial charge is 0.387 e. The molecule has 0 aliphatic rings. The predicted molar refractivity (Wildman–Crippen MR) is 85.6 cm³/mol. The Morgan fingerprint density at radius 2 is 1.79 bits per heavy atom. The van der Waals surface area contributed by atoms with Gasteiger partial charge in [-0.1, -0.05) is 18.2 Å². The molecule has 0 saturated heterocycles. The van der Waals surface area contributed by atoms with E-state index >= 15 is 0 Å². The van der Waals surface area contributed by atoms with Crippen molar-refractivity contribution in [1.29, 1.82) is 0 Å². The van der Waals surface area contributed by atoms with Crippen molar-refractivity contribution in [2.45, 2.75) is 6.61 Å². The normalized spacial score (nSPS) is 10.8. The Bertz CT molecular complexity index is 936. The highest BCUT2D eigenvalue weighted by Gasteiger charge is 2.12. The third-order valence-electron chi connectivity index (χ3n) is 3.33. The van der Waals surface area contributed by atoms with Gasteiger partial charge in [-0.2, -0.15) is 8.78 Å². The van der Waals surface area contributed by atoms with Crippen LogP contribution in [0.2, 0.25) is 0 Å². The van der Waals surface area contributed by atoms with Crippen LogP contribution in [-0.2, 0) is 0 Å². The summed E-state index contributed by atoms with van der Waals surface area (Å²) < 4.78 is 28.5. The van der Waals surface area contributed by atoms with Crippen LogP contribution in [0.5, 0.6) is 5.75 Å². The zero-order chi connectivity index (χ0) is 17.1. The lowest BCUT2D eigenvalue weighted by molar-refractivity contribution is -0.0498. The van der Waals surface area contributed by atoms with Crippen molar-refractivity contribution in [1.82, 2.24) is 4.98 Å². The molecule has 0 bridgehead atoms. The van der Waals surface area contributed by atoms with Crippen LogP contribution in [0.3, 0.4) is 0 Å². The molecule has 3 aromatic rings. The molecule has 0 fully saturated rings. The molecule has 3 rings (SSSR count). The number of H-pyrrole nitrogens is 1. The third-order valence-corrected chi connectivity index (χ3v) is 3.33. The number of benzene rings is 2. The molecule has 0 saturated carbocycles. The van der Waals surface area contributed by atoms with Crippen LogP contribution in [0, 0.1) is 0 Å².